The van der Waals surface area contributed by atoms with Crippen molar-refractivity contribution in [3.8, 4) is 5.75 Å². The Kier molecular flexibility index (Phi) is 6.51. The molecule has 0 aliphatic rings. The molecule has 2 rings (SSSR count). The molecular weight excluding hydrogens is 373 g/mol. The Morgan fingerprint density at radius 1 is 1.19 bits per heavy atom. The smallest absolute Gasteiger partial charge is 0.260 e. The molecule has 0 fully saturated rings. The van der Waals surface area contributed by atoms with Gasteiger partial charge < -0.3 is 4.74 Å². The lowest BCUT2D eigenvalue weighted by atomic mass is 10.1. The van der Waals surface area contributed by atoms with Gasteiger partial charge in [0, 0.05) is 0 Å². The topological polar surface area (TPSA) is 88.1 Å². The number of nitrogens with zero attached hydrogens (tertiary/aromatic N) is 2. The zero-order chi connectivity index (χ0) is 20.0. The zero-order valence-corrected chi connectivity index (χ0v) is 16.0. The average molecular weight is 393 g/mol. The van der Waals surface area contributed by atoms with Crippen molar-refractivity contribution >= 4 is 27.3 Å². The van der Waals surface area contributed by atoms with Gasteiger partial charge >= 0.3 is 0 Å². The summed E-state index contributed by atoms with van der Waals surface area (Å²) in [6.07, 6.45) is 1.000. The first-order chi connectivity index (χ1) is 12.7. The Morgan fingerprint density at radius 2 is 1.81 bits per heavy atom. The van der Waals surface area contributed by atoms with E-state index in [0.29, 0.717) is 17.0 Å². The van der Waals surface area contributed by atoms with E-state index in [1.54, 1.807) is 31.2 Å². The lowest BCUT2D eigenvalue weighted by Crippen LogP contribution is -2.39. The fourth-order valence-corrected chi connectivity index (χ4v) is 3.14. The van der Waals surface area contributed by atoms with Gasteiger partial charge in [0.1, 0.15) is 18.1 Å². The number of carbonyl (C=O) groups excluding carboxylic acids is 1. The second-order valence-corrected chi connectivity index (χ2v) is 7.59. The molecule has 144 valence electrons. The lowest BCUT2D eigenvalue weighted by Gasteiger charge is -2.23. The predicted octanol–water partition coefficient (Wildman–Crippen LogP) is 2.14. The Hall–Kier alpha value is -2.94. The molecule has 0 heterocycles. The van der Waals surface area contributed by atoms with Crippen LogP contribution in [0.25, 0.3) is 0 Å². The summed E-state index contributed by atoms with van der Waals surface area (Å²) in [5.41, 5.74) is 3.64. The summed E-state index contributed by atoms with van der Waals surface area (Å²) >= 11 is 0. The van der Waals surface area contributed by atoms with Crippen molar-refractivity contribution in [1.29, 1.82) is 0 Å². The van der Waals surface area contributed by atoms with Crippen LogP contribution in [0.15, 0.2) is 53.6 Å². The molecule has 1 N–H and O–H groups in total. The fraction of sp³-hybridized carbons (Fsp3) is 0.222. The predicted molar refractivity (Wildman–Crippen MR) is 102 cm³/mol. The SMILES string of the molecule is COc1ccccc1N(CC(=O)N/N=C(/C)c1ccc(F)cc1)S(C)(=O)=O. The van der Waals surface area contributed by atoms with E-state index in [-0.39, 0.29) is 11.5 Å². The lowest BCUT2D eigenvalue weighted by molar-refractivity contribution is -0.119. The maximum absolute atomic E-state index is 13.0. The average Bonchev–Trinajstić information content (AvgIpc) is 2.63. The van der Waals surface area contributed by atoms with E-state index in [0.717, 1.165) is 10.6 Å². The van der Waals surface area contributed by atoms with Crippen molar-refractivity contribution in [3.05, 3.63) is 59.9 Å². The summed E-state index contributed by atoms with van der Waals surface area (Å²) in [5, 5.41) is 3.94. The first-order valence-electron chi connectivity index (χ1n) is 7.92. The van der Waals surface area contributed by atoms with Crippen LogP contribution in [0.1, 0.15) is 12.5 Å². The molecule has 0 bridgehead atoms. The third kappa shape index (κ3) is 5.52. The number of rotatable bonds is 7. The molecule has 9 heteroatoms. The summed E-state index contributed by atoms with van der Waals surface area (Å²) in [5.74, 6) is -0.689. The monoisotopic (exact) mass is 393 g/mol. The van der Waals surface area contributed by atoms with Crippen LogP contribution >= 0.6 is 0 Å². The van der Waals surface area contributed by atoms with Gasteiger partial charge in [-0.05, 0) is 36.8 Å². The van der Waals surface area contributed by atoms with E-state index >= 15 is 0 Å². The van der Waals surface area contributed by atoms with Crippen LogP contribution in [0.2, 0.25) is 0 Å². The molecule has 0 spiro atoms. The van der Waals surface area contributed by atoms with Gasteiger partial charge in [-0.15, -0.1) is 0 Å². The Bertz CT molecular complexity index is 943. The maximum atomic E-state index is 13.0. The molecule has 2 aromatic rings. The van der Waals surface area contributed by atoms with Crippen molar-refractivity contribution in [1.82, 2.24) is 5.43 Å². The molecule has 0 radical (unpaired) electrons. The number of methoxy groups -OCH3 is 1. The minimum atomic E-state index is -3.74. The normalized spacial score (nSPS) is 11.8. The van der Waals surface area contributed by atoms with Crippen molar-refractivity contribution in [2.24, 2.45) is 5.10 Å². The van der Waals surface area contributed by atoms with Crippen LogP contribution in [0.4, 0.5) is 10.1 Å². The molecule has 0 aromatic heterocycles. The number of hydrogen-bond acceptors (Lipinski definition) is 5. The third-order valence-corrected chi connectivity index (χ3v) is 4.78. The summed E-state index contributed by atoms with van der Waals surface area (Å²) in [6, 6.07) is 12.1. The number of halogens is 1. The van der Waals surface area contributed by atoms with Crippen LogP contribution in [0.3, 0.4) is 0 Å². The maximum Gasteiger partial charge on any atom is 0.260 e. The summed E-state index contributed by atoms with van der Waals surface area (Å²) in [4.78, 5) is 12.2. The number of amides is 1. The highest BCUT2D eigenvalue weighted by Gasteiger charge is 2.23. The minimum absolute atomic E-state index is 0.247. The number of nitrogens with one attached hydrogen (secondary N) is 1. The summed E-state index contributed by atoms with van der Waals surface area (Å²) < 4.78 is 43.4. The molecule has 0 aliphatic heterocycles. The molecule has 27 heavy (non-hydrogen) atoms. The highest BCUT2D eigenvalue weighted by Crippen LogP contribution is 2.29. The van der Waals surface area contributed by atoms with E-state index in [4.69, 9.17) is 4.74 Å². The molecule has 0 saturated heterocycles. The molecule has 1 amide bonds. The van der Waals surface area contributed by atoms with Gasteiger partial charge in [-0.1, -0.05) is 24.3 Å². The van der Waals surface area contributed by atoms with Gasteiger partial charge in [-0.25, -0.2) is 18.2 Å². The zero-order valence-electron chi connectivity index (χ0n) is 15.1. The Morgan fingerprint density at radius 3 is 2.41 bits per heavy atom. The number of carbonyl (C=O) groups is 1. The second-order valence-electron chi connectivity index (χ2n) is 5.68. The molecule has 0 atom stereocenters. The first kappa shape index (κ1) is 20.4. The van der Waals surface area contributed by atoms with Crippen molar-refractivity contribution in [3.63, 3.8) is 0 Å². The number of anilines is 1. The molecule has 7 nitrogen and oxygen atoms in total. The van der Waals surface area contributed by atoms with Gasteiger partial charge in [0.15, 0.2) is 0 Å². The van der Waals surface area contributed by atoms with Crippen LogP contribution in [0, 0.1) is 5.82 Å². The van der Waals surface area contributed by atoms with E-state index in [2.05, 4.69) is 10.5 Å². The van der Waals surface area contributed by atoms with Gasteiger partial charge in [0.25, 0.3) is 5.91 Å². The van der Waals surface area contributed by atoms with Gasteiger partial charge in [0.2, 0.25) is 10.0 Å². The van der Waals surface area contributed by atoms with Crippen LogP contribution in [-0.2, 0) is 14.8 Å². The van der Waals surface area contributed by atoms with Gasteiger partial charge in [-0.3, -0.25) is 9.10 Å². The Balaban J connectivity index is 2.17. The fourth-order valence-electron chi connectivity index (χ4n) is 2.28. The van der Waals surface area contributed by atoms with E-state index in [1.165, 1.54) is 31.4 Å². The number of benzene rings is 2. The third-order valence-electron chi connectivity index (χ3n) is 3.65. The molecule has 0 aliphatic carbocycles. The molecular formula is C18H20FN3O4S. The number of hydrazone groups is 1. The van der Waals surface area contributed by atoms with E-state index in [9.17, 15) is 17.6 Å². The minimum Gasteiger partial charge on any atom is -0.495 e. The molecule has 0 unspecified atom stereocenters. The van der Waals surface area contributed by atoms with Crippen molar-refractivity contribution in [2.75, 3.05) is 24.2 Å². The van der Waals surface area contributed by atoms with Crippen LogP contribution < -0.4 is 14.5 Å². The van der Waals surface area contributed by atoms with Gasteiger partial charge in [-0.2, -0.15) is 5.10 Å². The number of para-hydroxylation sites is 2. The highest BCUT2D eigenvalue weighted by molar-refractivity contribution is 7.92. The van der Waals surface area contributed by atoms with Crippen LogP contribution in [0.5, 0.6) is 5.75 Å². The van der Waals surface area contributed by atoms with Crippen molar-refractivity contribution in [2.45, 2.75) is 6.92 Å². The molecule has 0 saturated carbocycles. The summed E-state index contributed by atoms with van der Waals surface area (Å²) in [7, 11) is -2.33. The van der Waals surface area contributed by atoms with E-state index in [1.807, 2.05) is 0 Å². The number of sulfonamides is 1. The number of hydrogen-bond donors (Lipinski definition) is 1. The van der Waals surface area contributed by atoms with Gasteiger partial charge in [0.05, 0.1) is 24.8 Å². The standard InChI is InChI=1S/C18H20FN3O4S/c1-13(14-8-10-15(19)11-9-14)20-21-18(23)12-22(27(3,24)25)16-6-4-5-7-17(16)26-2/h4-11H,12H2,1-3H3,(H,21,23)/b20-13-. The Labute approximate surface area is 157 Å². The second kappa shape index (κ2) is 8.63. The summed E-state index contributed by atoms with van der Waals surface area (Å²) in [6.45, 7) is 1.17. The van der Waals surface area contributed by atoms with E-state index < -0.39 is 22.5 Å². The van der Waals surface area contributed by atoms with Crippen LogP contribution in [-0.4, -0.2) is 39.9 Å². The molecule has 2 aromatic carbocycles. The first-order valence-corrected chi connectivity index (χ1v) is 9.77. The van der Waals surface area contributed by atoms with Crippen molar-refractivity contribution < 1.29 is 22.3 Å². The largest absolute Gasteiger partial charge is 0.495 e. The quantitative estimate of drug-likeness (QED) is 0.577. The number of ether oxygens (including phenoxy) is 1. The highest BCUT2D eigenvalue weighted by atomic mass is 32.2.